The van der Waals surface area contributed by atoms with Gasteiger partial charge in [-0.2, -0.15) is 0 Å². The van der Waals surface area contributed by atoms with Crippen LogP contribution in [0, 0.1) is 5.41 Å². The van der Waals surface area contributed by atoms with Crippen LogP contribution in [0.25, 0.3) is 0 Å². The quantitative estimate of drug-likeness (QED) is 0.789. The zero-order valence-electron chi connectivity index (χ0n) is 11.2. The van der Waals surface area contributed by atoms with Gasteiger partial charge >= 0.3 is 6.09 Å². The number of ketones is 1. The molecule has 1 aromatic rings. The van der Waals surface area contributed by atoms with Crippen LogP contribution in [0.4, 0.5) is 4.79 Å². The van der Waals surface area contributed by atoms with Crippen molar-refractivity contribution in [1.29, 1.82) is 0 Å². The van der Waals surface area contributed by atoms with Gasteiger partial charge in [0.15, 0.2) is 5.78 Å². The van der Waals surface area contributed by atoms with E-state index >= 15 is 0 Å². The van der Waals surface area contributed by atoms with Crippen LogP contribution in [0.2, 0.25) is 0 Å². The molecule has 1 spiro atoms. The first-order valence-corrected chi connectivity index (χ1v) is 7.25. The minimum Gasteiger partial charge on any atom is -0.465 e. The van der Waals surface area contributed by atoms with Crippen molar-refractivity contribution in [2.45, 2.75) is 44.2 Å². The highest BCUT2D eigenvalue weighted by Crippen LogP contribution is 2.52. The van der Waals surface area contributed by atoms with Gasteiger partial charge in [0.25, 0.3) is 0 Å². The standard InChI is InChI=1S/C16H17NO3/c18-14-13-4-2-1-3-10(13)7-16(14)8-11-5-6-12(9-16)17(11)15(19)20/h1-4,11-12H,5-9H2,(H,19,20)/t11-,12+,16+. The number of carboxylic acid groups (broad SMARTS) is 1. The number of benzene rings is 1. The van der Waals surface area contributed by atoms with E-state index in [9.17, 15) is 14.7 Å². The van der Waals surface area contributed by atoms with Gasteiger partial charge in [0.1, 0.15) is 0 Å². The van der Waals surface area contributed by atoms with Crippen LogP contribution < -0.4 is 0 Å². The minimum absolute atomic E-state index is 0.0320. The third kappa shape index (κ3) is 1.42. The molecule has 1 N–H and O–H groups in total. The summed E-state index contributed by atoms with van der Waals surface area (Å²) in [5, 5.41) is 9.33. The predicted molar refractivity (Wildman–Crippen MR) is 72.8 cm³/mol. The lowest BCUT2D eigenvalue weighted by Gasteiger charge is -2.42. The van der Waals surface area contributed by atoms with Gasteiger partial charge in [0.2, 0.25) is 0 Å². The fraction of sp³-hybridized carbons (Fsp3) is 0.500. The first-order chi connectivity index (χ1) is 9.61. The summed E-state index contributed by atoms with van der Waals surface area (Å²) in [5.41, 5.74) is 1.66. The highest BCUT2D eigenvalue weighted by Gasteiger charge is 2.55. The third-order valence-corrected chi connectivity index (χ3v) is 5.37. The van der Waals surface area contributed by atoms with Crippen molar-refractivity contribution in [1.82, 2.24) is 4.90 Å². The van der Waals surface area contributed by atoms with Gasteiger partial charge in [0, 0.05) is 23.1 Å². The second kappa shape index (κ2) is 3.84. The summed E-state index contributed by atoms with van der Waals surface area (Å²) < 4.78 is 0. The Labute approximate surface area is 117 Å². The summed E-state index contributed by atoms with van der Waals surface area (Å²) in [5.74, 6) is 0.245. The second-order valence-corrected chi connectivity index (χ2v) is 6.43. The second-order valence-electron chi connectivity index (χ2n) is 6.43. The topological polar surface area (TPSA) is 57.6 Å². The van der Waals surface area contributed by atoms with Crippen LogP contribution >= 0.6 is 0 Å². The molecule has 0 unspecified atom stereocenters. The molecule has 4 rings (SSSR count). The Hall–Kier alpha value is -1.84. The molecule has 4 heteroatoms. The maximum atomic E-state index is 12.8. The molecule has 3 aliphatic rings. The molecule has 3 atom stereocenters. The van der Waals surface area contributed by atoms with Crippen LogP contribution in [0.5, 0.6) is 0 Å². The summed E-state index contributed by atoms with van der Waals surface area (Å²) in [6, 6.07) is 7.91. The maximum Gasteiger partial charge on any atom is 0.407 e. The molecule has 20 heavy (non-hydrogen) atoms. The number of rotatable bonds is 0. The number of hydrogen-bond donors (Lipinski definition) is 1. The fourth-order valence-corrected chi connectivity index (χ4v) is 4.62. The number of nitrogens with zero attached hydrogens (tertiary/aromatic N) is 1. The van der Waals surface area contributed by atoms with Gasteiger partial charge in [-0.3, -0.25) is 4.79 Å². The van der Waals surface area contributed by atoms with Gasteiger partial charge < -0.3 is 10.0 Å². The summed E-state index contributed by atoms with van der Waals surface area (Å²) in [4.78, 5) is 25.8. The van der Waals surface area contributed by atoms with E-state index in [0.29, 0.717) is 12.8 Å². The first-order valence-electron chi connectivity index (χ1n) is 7.25. The van der Waals surface area contributed by atoms with Crippen LogP contribution in [0.3, 0.4) is 0 Å². The summed E-state index contributed by atoms with van der Waals surface area (Å²) in [6.07, 6.45) is 3.18. The number of amides is 1. The molecular formula is C16H17NO3. The van der Waals surface area contributed by atoms with Crippen molar-refractivity contribution >= 4 is 11.9 Å². The average Bonchev–Trinajstić information content (AvgIpc) is 2.85. The summed E-state index contributed by atoms with van der Waals surface area (Å²) in [7, 11) is 0. The molecule has 1 aromatic carbocycles. The summed E-state index contributed by atoms with van der Waals surface area (Å²) >= 11 is 0. The molecule has 2 aliphatic heterocycles. The van der Waals surface area contributed by atoms with Crippen LogP contribution in [0.1, 0.15) is 41.6 Å². The normalized spacial score (nSPS) is 34.6. The van der Waals surface area contributed by atoms with Crippen LogP contribution in [0.15, 0.2) is 24.3 Å². The maximum absolute atomic E-state index is 12.8. The molecule has 2 fully saturated rings. The van der Waals surface area contributed by atoms with Gasteiger partial charge in [-0.25, -0.2) is 4.79 Å². The Morgan fingerprint density at radius 1 is 1.20 bits per heavy atom. The minimum atomic E-state index is -0.824. The highest BCUT2D eigenvalue weighted by atomic mass is 16.4. The Kier molecular flexibility index (Phi) is 2.29. The molecule has 0 saturated carbocycles. The SMILES string of the molecule is O=C(O)N1[C@@H]2CC[C@H]1C[C@]1(Cc3ccccc3C1=O)C2. The Balaban J connectivity index is 1.70. The Bertz CT molecular complexity index is 595. The molecule has 0 radical (unpaired) electrons. The van der Waals surface area contributed by atoms with Crippen molar-refractivity contribution in [3.63, 3.8) is 0 Å². The number of piperidine rings is 1. The lowest BCUT2D eigenvalue weighted by molar-refractivity contribution is 0.0392. The largest absolute Gasteiger partial charge is 0.465 e. The van der Waals surface area contributed by atoms with E-state index in [1.165, 1.54) is 0 Å². The van der Waals surface area contributed by atoms with E-state index in [2.05, 4.69) is 0 Å². The number of carbonyl (C=O) groups is 2. The van der Waals surface area contributed by atoms with Crippen molar-refractivity contribution in [3.8, 4) is 0 Å². The van der Waals surface area contributed by atoms with Gasteiger partial charge in [0.05, 0.1) is 0 Å². The molecule has 1 aliphatic carbocycles. The average molecular weight is 271 g/mol. The van der Waals surface area contributed by atoms with E-state index in [1.54, 1.807) is 4.90 Å². The van der Waals surface area contributed by atoms with Gasteiger partial charge in [-0.05, 0) is 37.7 Å². The summed E-state index contributed by atoms with van der Waals surface area (Å²) in [6.45, 7) is 0. The molecule has 1 amide bonds. The molecule has 2 saturated heterocycles. The lowest BCUT2D eigenvalue weighted by atomic mass is 9.72. The van der Waals surface area contributed by atoms with E-state index in [0.717, 1.165) is 30.4 Å². The van der Waals surface area contributed by atoms with Crippen molar-refractivity contribution in [2.75, 3.05) is 0 Å². The Morgan fingerprint density at radius 2 is 1.85 bits per heavy atom. The fourth-order valence-electron chi connectivity index (χ4n) is 4.62. The Morgan fingerprint density at radius 3 is 2.45 bits per heavy atom. The van der Waals surface area contributed by atoms with Crippen LogP contribution in [-0.4, -0.2) is 34.0 Å². The van der Waals surface area contributed by atoms with Gasteiger partial charge in [-0.15, -0.1) is 0 Å². The number of hydrogen-bond acceptors (Lipinski definition) is 2. The number of Topliss-reactive ketones (excluding diaryl/α,β-unsaturated/α-hetero) is 1. The molecular weight excluding hydrogens is 254 g/mol. The molecule has 4 nitrogen and oxygen atoms in total. The zero-order chi connectivity index (χ0) is 13.9. The molecule has 0 aromatic heterocycles. The van der Waals surface area contributed by atoms with E-state index < -0.39 is 6.09 Å². The first kappa shape index (κ1) is 11.9. The third-order valence-electron chi connectivity index (χ3n) is 5.37. The number of fused-ring (bicyclic) bond motifs is 3. The predicted octanol–water partition coefficient (Wildman–Crippen LogP) is 2.72. The van der Waals surface area contributed by atoms with Crippen molar-refractivity contribution in [2.24, 2.45) is 5.41 Å². The molecule has 2 heterocycles. The van der Waals surface area contributed by atoms with Crippen LogP contribution in [-0.2, 0) is 6.42 Å². The van der Waals surface area contributed by atoms with Gasteiger partial charge in [-0.1, -0.05) is 24.3 Å². The van der Waals surface area contributed by atoms with E-state index in [-0.39, 0.29) is 23.3 Å². The van der Waals surface area contributed by atoms with Crippen molar-refractivity contribution in [3.05, 3.63) is 35.4 Å². The molecule has 2 bridgehead atoms. The monoisotopic (exact) mass is 271 g/mol. The number of carbonyl (C=O) groups excluding carboxylic acids is 1. The van der Waals surface area contributed by atoms with Crippen molar-refractivity contribution < 1.29 is 14.7 Å². The van der Waals surface area contributed by atoms with E-state index in [4.69, 9.17) is 0 Å². The lowest BCUT2D eigenvalue weighted by Crippen LogP contribution is -2.51. The van der Waals surface area contributed by atoms with E-state index in [1.807, 2.05) is 24.3 Å². The zero-order valence-corrected chi connectivity index (χ0v) is 11.2. The molecule has 104 valence electrons. The smallest absolute Gasteiger partial charge is 0.407 e. The highest BCUT2D eigenvalue weighted by molar-refractivity contribution is 6.05.